The van der Waals surface area contributed by atoms with Gasteiger partial charge in [-0.25, -0.2) is 0 Å². The number of carbonyl (C=O) groups excluding carboxylic acids is 2. The highest BCUT2D eigenvalue weighted by Crippen LogP contribution is 2.55. The van der Waals surface area contributed by atoms with Gasteiger partial charge in [-0.15, -0.1) is 0 Å². The maximum absolute atomic E-state index is 13.2. The fourth-order valence-corrected chi connectivity index (χ4v) is 4.14. The van der Waals surface area contributed by atoms with E-state index in [1.165, 1.54) is 20.3 Å². The average molecular weight is 338 g/mol. The Morgan fingerprint density at radius 2 is 1.68 bits per heavy atom. The summed E-state index contributed by atoms with van der Waals surface area (Å²) in [6.07, 6.45) is 1.45. The van der Waals surface area contributed by atoms with Gasteiger partial charge in [-0.1, -0.05) is 24.3 Å². The van der Waals surface area contributed by atoms with E-state index in [-0.39, 0.29) is 12.2 Å². The number of carbonyl (C=O) groups is 2. The lowest BCUT2D eigenvalue weighted by Crippen LogP contribution is -2.41. The van der Waals surface area contributed by atoms with Crippen LogP contribution in [-0.4, -0.2) is 36.5 Å². The van der Waals surface area contributed by atoms with Crippen LogP contribution in [0.15, 0.2) is 35.9 Å². The minimum absolute atomic E-state index is 0.0649. The van der Waals surface area contributed by atoms with Crippen molar-refractivity contribution in [3.05, 3.63) is 47.0 Å². The fraction of sp³-hybridized carbons (Fsp3) is 0.300. The van der Waals surface area contributed by atoms with Crippen molar-refractivity contribution < 1.29 is 24.2 Å². The molecule has 5 nitrogen and oxygen atoms in total. The molecule has 0 fully saturated rings. The molecule has 0 spiro atoms. The van der Waals surface area contributed by atoms with Gasteiger partial charge >= 0.3 is 0 Å². The highest BCUT2D eigenvalue weighted by atomic mass is 16.5. The molecule has 2 aromatic carbocycles. The Morgan fingerprint density at radius 1 is 1.08 bits per heavy atom. The Labute approximate surface area is 144 Å². The smallest absolute Gasteiger partial charge is 0.203 e. The van der Waals surface area contributed by atoms with E-state index < -0.39 is 17.3 Å². The molecule has 128 valence electrons. The monoisotopic (exact) mass is 338 g/mol. The van der Waals surface area contributed by atoms with Crippen LogP contribution in [-0.2, 0) is 4.79 Å². The number of benzene rings is 2. The van der Waals surface area contributed by atoms with E-state index in [1.54, 1.807) is 6.92 Å². The van der Waals surface area contributed by atoms with Crippen LogP contribution in [0.4, 0.5) is 0 Å². The van der Waals surface area contributed by atoms with Crippen molar-refractivity contribution in [3.8, 4) is 11.5 Å². The van der Waals surface area contributed by atoms with E-state index in [0.29, 0.717) is 28.2 Å². The van der Waals surface area contributed by atoms with Gasteiger partial charge in [0, 0.05) is 28.7 Å². The number of Topliss-reactive ketones (excluding diaryl/α,β-unsaturated/α-hetero) is 2. The molecule has 0 radical (unpaired) electrons. The van der Waals surface area contributed by atoms with Gasteiger partial charge in [0.2, 0.25) is 5.78 Å². The van der Waals surface area contributed by atoms with E-state index in [9.17, 15) is 14.7 Å². The molecule has 1 N–H and O–H groups in total. The van der Waals surface area contributed by atoms with E-state index >= 15 is 0 Å². The van der Waals surface area contributed by atoms with Gasteiger partial charge in [0.05, 0.1) is 19.8 Å². The van der Waals surface area contributed by atoms with Crippen LogP contribution >= 0.6 is 0 Å². The first-order valence-corrected chi connectivity index (χ1v) is 8.10. The predicted molar refractivity (Wildman–Crippen MR) is 92.5 cm³/mol. The molecular weight excluding hydrogens is 320 g/mol. The van der Waals surface area contributed by atoms with E-state index in [2.05, 4.69) is 0 Å². The van der Waals surface area contributed by atoms with Crippen LogP contribution in [0.1, 0.15) is 35.2 Å². The third kappa shape index (κ3) is 1.87. The second-order valence-electron chi connectivity index (χ2n) is 6.56. The van der Waals surface area contributed by atoms with Gasteiger partial charge in [0.25, 0.3) is 0 Å². The van der Waals surface area contributed by atoms with Gasteiger partial charge < -0.3 is 14.6 Å². The third-order valence-corrected chi connectivity index (χ3v) is 5.30. The molecule has 0 amide bonds. The zero-order valence-corrected chi connectivity index (χ0v) is 14.3. The SMILES string of the molecule is COc1c2c(c(OC)c3ccccc13)C1CC(=O)C(C)=CC1(O)C2=O. The van der Waals surface area contributed by atoms with Crippen LogP contribution < -0.4 is 9.47 Å². The summed E-state index contributed by atoms with van der Waals surface area (Å²) < 4.78 is 11.2. The minimum Gasteiger partial charge on any atom is -0.496 e. The number of ether oxygens (including phenoxy) is 2. The zero-order chi connectivity index (χ0) is 17.9. The van der Waals surface area contributed by atoms with Gasteiger partial charge in [-0.3, -0.25) is 9.59 Å². The summed E-state index contributed by atoms with van der Waals surface area (Å²) in [5, 5.41) is 12.7. The van der Waals surface area contributed by atoms with Crippen molar-refractivity contribution in [1.29, 1.82) is 0 Å². The Kier molecular flexibility index (Phi) is 3.27. The molecule has 0 aromatic heterocycles. The van der Waals surface area contributed by atoms with Crippen molar-refractivity contribution in [2.75, 3.05) is 14.2 Å². The van der Waals surface area contributed by atoms with Crippen molar-refractivity contribution in [2.45, 2.75) is 24.9 Å². The fourth-order valence-electron chi connectivity index (χ4n) is 4.14. The largest absolute Gasteiger partial charge is 0.496 e. The highest BCUT2D eigenvalue weighted by Gasteiger charge is 2.56. The summed E-state index contributed by atoms with van der Waals surface area (Å²) in [4.78, 5) is 25.4. The zero-order valence-electron chi connectivity index (χ0n) is 14.3. The number of rotatable bonds is 2. The van der Waals surface area contributed by atoms with Crippen molar-refractivity contribution in [3.63, 3.8) is 0 Å². The lowest BCUT2D eigenvalue weighted by Gasteiger charge is -2.30. The number of allylic oxidation sites excluding steroid dienone is 1. The van der Waals surface area contributed by atoms with Crippen LogP contribution in [0, 0.1) is 0 Å². The summed E-state index contributed by atoms with van der Waals surface area (Å²) in [5.41, 5.74) is -0.465. The van der Waals surface area contributed by atoms with Gasteiger partial charge in [-0.05, 0) is 18.6 Å². The standard InChI is InChI=1S/C20H18O5/c1-10-9-20(23)13(8-14(10)21)15-16(19(20)22)18(25-3)12-7-5-4-6-11(12)17(15)24-2/h4-7,9,13,23H,8H2,1-3H3. The lowest BCUT2D eigenvalue weighted by atomic mass is 9.76. The molecule has 0 aliphatic heterocycles. The summed E-state index contributed by atoms with van der Waals surface area (Å²) in [7, 11) is 3.03. The van der Waals surface area contributed by atoms with E-state index in [0.717, 1.165) is 10.8 Å². The Bertz CT molecular complexity index is 972. The molecule has 5 heteroatoms. The number of hydrogen-bond donors (Lipinski definition) is 1. The average Bonchev–Trinajstić information content (AvgIpc) is 2.82. The van der Waals surface area contributed by atoms with E-state index in [4.69, 9.17) is 9.47 Å². The van der Waals surface area contributed by atoms with Crippen LogP contribution in [0.2, 0.25) is 0 Å². The second kappa shape index (κ2) is 5.17. The van der Waals surface area contributed by atoms with Crippen LogP contribution in [0.5, 0.6) is 11.5 Å². The molecular formula is C20H18O5. The first-order valence-electron chi connectivity index (χ1n) is 8.10. The Morgan fingerprint density at radius 3 is 2.28 bits per heavy atom. The molecule has 2 aromatic rings. The minimum atomic E-state index is -1.74. The summed E-state index contributed by atoms with van der Waals surface area (Å²) in [6.45, 7) is 1.62. The molecule has 0 bridgehead atoms. The molecule has 2 aliphatic rings. The quantitative estimate of drug-likeness (QED) is 0.911. The molecule has 4 rings (SSSR count). The van der Waals surface area contributed by atoms with Gasteiger partial charge in [0.15, 0.2) is 11.4 Å². The van der Waals surface area contributed by atoms with Crippen LogP contribution in [0.3, 0.4) is 0 Å². The van der Waals surface area contributed by atoms with Gasteiger partial charge in [-0.2, -0.15) is 0 Å². The number of aliphatic hydroxyl groups is 1. The maximum Gasteiger partial charge on any atom is 0.203 e. The Hall–Kier alpha value is -2.66. The predicted octanol–water partition coefficient (Wildman–Crippen LogP) is 2.79. The third-order valence-electron chi connectivity index (χ3n) is 5.30. The number of ketones is 2. The van der Waals surface area contributed by atoms with Crippen molar-refractivity contribution >= 4 is 22.3 Å². The normalized spacial score (nSPS) is 24.8. The first-order chi connectivity index (χ1) is 11.9. The number of hydrogen-bond acceptors (Lipinski definition) is 5. The van der Waals surface area contributed by atoms with Crippen molar-refractivity contribution in [2.24, 2.45) is 0 Å². The molecule has 0 saturated heterocycles. The van der Waals surface area contributed by atoms with Gasteiger partial charge in [0.1, 0.15) is 11.5 Å². The number of methoxy groups -OCH3 is 2. The Balaban J connectivity index is 2.15. The molecule has 0 saturated carbocycles. The van der Waals surface area contributed by atoms with Crippen LogP contribution in [0.25, 0.3) is 10.8 Å². The maximum atomic E-state index is 13.2. The van der Waals surface area contributed by atoms with E-state index in [1.807, 2.05) is 24.3 Å². The summed E-state index contributed by atoms with van der Waals surface area (Å²) in [6, 6.07) is 7.45. The molecule has 2 unspecified atom stereocenters. The summed E-state index contributed by atoms with van der Waals surface area (Å²) in [5.74, 6) is -0.261. The summed E-state index contributed by atoms with van der Waals surface area (Å²) >= 11 is 0. The second-order valence-corrected chi connectivity index (χ2v) is 6.56. The highest BCUT2D eigenvalue weighted by molar-refractivity contribution is 6.18. The topological polar surface area (TPSA) is 72.8 Å². The molecule has 0 heterocycles. The number of fused-ring (bicyclic) bond motifs is 4. The van der Waals surface area contributed by atoms with Crippen molar-refractivity contribution in [1.82, 2.24) is 0 Å². The molecule has 2 aliphatic carbocycles. The molecule has 2 atom stereocenters. The first kappa shape index (κ1) is 15.8. The molecule has 25 heavy (non-hydrogen) atoms. The lowest BCUT2D eigenvalue weighted by molar-refractivity contribution is -0.117.